The molecule has 0 spiro atoms. The molecule has 0 atom stereocenters. The lowest BCUT2D eigenvalue weighted by Crippen LogP contribution is -2.39. The van der Waals surface area contributed by atoms with E-state index in [4.69, 9.17) is 0 Å². The van der Waals surface area contributed by atoms with E-state index in [-0.39, 0.29) is 5.91 Å². The van der Waals surface area contributed by atoms with Crippen LogP contribution in [0.1, 0.15) is 38.2 Å². The number of hydrogen-bond acceptors (Lipinski definition) is 3. The van der Waals surface area contributed by atoms with Crippen LogP contribution in [0.3, 0.4) is 0 Å². The van der Waals surface area contributed by atoms with Crippen molar-refractivity contribution < 1.29 is 4.79 Å². The van der Waals surface area contributed by atoms with Gasteiger partial charge >= 0.3 is 0 Å². The first kappa shape index (κ1) is 18.5. The van der Waals surface area contributed by atoms with Gasteiger partial charge in [-0.25, -0.2) is 0 Å². The molecule has 0 unspecified atom stereocenters. The smallest absolute Gasteiger partial charge is 0.266 e. The summed E-state index contributed by atoms with van der Waals surface area (Å²) in [6.45, 7) is 5.62. The number of benzene rings is 1. The summed E-state index contributed by atoms with van der Waals surface area (Å²) in [5.74, 6) is 1.27. The average molecular weight is 351 g/mol. The zero-order valence-electron chi connectivity index (χ0n) is 15.7. The fraction of sp³-hybridized carbons (Fsp3) is 0.545. The van der Waals surface area contributed by atoms with Crippen molar-refractivity contribution in [3.8, 4) is 6.07 Å². The number of amides is 1. The normalized spacial score (nSPS) is 20.1. The van der Waals surface area contributed by atoms with Gasteiger partial charge in [0.05, 0.1) is 0 Å². The number of carbonyl (C=O) groups is 1. The zero-order chi connectivity index (χ0) is 18.4. The molecule has 2 aliphatic heterocycles. The van der Waals surface area contributed by atoms with Crippen LogP contribution in [0.2, 0.25) is 0 Å². The van der Waals surface area contributed by atoms with Gasteiger partial charge in [-0.3, -0.25) is 4.79 Å². The minimum absolute atomic E-state index is 0.0918. The second-order valence-electron chi connectivity index (χ2n) is 7.80. The molecule has 138 valence electrons. The van der Waals surface area contributed by atoms with Crippen LogP contribution in [-0.4, -0.2) is 41.9 Å². The molecule has 0 aromatic heterocycles. The van der Waals surface area contributed by atoms with Crippen LogP contribution in [0.4, 0.5) is 0 Å². The van der Waals surface area contributed by atoms with Gasteiger partial charge in [-0.1, -0.05) is 37.3 Å². The Morgan fingerprint density at radius 1 is 1.12 bits per heavy atom. The van der Waals surface area contributed by atoms with Crippen molar-refractivity contribution in [2.45, 2.75) is 39.0 Å². The lowest BCUT2D eigenvalue weighted by Gasteiger charge is -2.33. The minimum Gasteiger partial charge on any atom is -0.376 e. The van der Waals surface area contributed by atoms with Crippen LogP contribution in [0.15, 0.2) is 42.1 Å². The zero-order valence-corrected chi connectivity index (χ0v) is 15.7. The van der Waals surface area contributed by atoms with E-state index < -0.39 is 0 Å². The van der Waals surface area contributed by atoms with Crippen molar-refractivity contribution >= 4 is 5.91 Å². The average Bonchev–Trinajstić information content (AvgIpc) is 2.68. The van der Waals surface area contributed by atoms with E-state index in [1.807, 2.05) is 4.90 Å². The molecular weight excluding hydrogens is 322 g/mol. The summed E-state index contributed by atoms with van der Waals surface area (Å²) >= 11 is 0. The molecule has 26 heavy (non-hydrogen) atoms. The van der Waals surface area contributed by atoms with Gasteiger partial charge in [-0.05, 0) is 49.5 Å². The van der Waals surface area contributed by atoms with E-state index >= 15 is 0 Å². The molecule has 4 heteroatoms. The van der Waals surface area contributed by atoms with Crippen molar-refractivity contribution in [2.75, 3.05) is 26.2 Å². The summed E-state index contributed by atoms with van der Waals surface area (Å²) in [5, 5.41) is 9.46. The molecule has 1 amide bonds. The first-order chi connectivity index (χ1) is 12.7. The summed E-state index contributed by atoms with van der Waals surface area (Å²) in [5.41, 5.74) is 1.69. The number of likely N-dealkylation sites (tertiary alicyclic amines) is 2. The second kappa shape index (κ2) is 8.89. The predicted octanol–water partition coefficient (Wildman–Crippen LogP) is 3.61. The lowest BCUT2D eigenvalue weighted by atomic mass is 9.90. The predicted molar refractivity (Wildman–Crippen MR) is 103 cm³/mol. The Bertz CT molecular complexity index is 660. The number of hydrogen-bond donors (Lipinski definition) is 0. The Morgan fingerprint density at radius 3 is 2.38 bits per heavy atom. The Kier molecular flexibility index (Phi) is 6.33. The molecule has 0 radical (unpaired) electrons. The van der Waals surface area contributed by atoms with Crippen molar-refractivity contribution in [3.05, 3.63) is 47.7 Å². The third-order valence-electron chi connectivity index (χ3n) is 5.75. The monoisotopic (exact) mass is 351 g/mol. The lowest BCUT2D eigenvalue weighted by molar-refractivity contribution is -0.128. The molecule has 2 fully saturated rings. The number of piperidine rings is 2. The summed E-state index contributed by atoms with van der Waals surface area (Å²) in [6.07, 6.45) is 7.22. The number of nitrogens with zero attached hydrogens (tertiary/aromatic N) is 3. The highest BCUT2D eigenvalue weighted by Crippen LogP contribution is 2.23. The van der Waals surface area contributed by atoms with E-state index in [2.05, 4.69) is 48.2 Å². The number of carbonyl (C=O) groups excluding carboxylic acids is 1. The van der Waals surface area contributed by atoms with Gasteiger partial charge in [-0.15, -0.1) is 0 Å². The highest BCUT2D eigenvalue weighted by Gasteiger charge is 2.24. The van der Waals surface area contributed by atoms with E-state index in [0.717, 1.165) is 58.3 Å². The first-order valence-electron chi connectivity index (χ1n) is 9.85. The highest BCUT2D eigenvalue weighted by atomic mass is 16.2. The fourth-order valence-corrected chi connectivity index (χ4v) is 3.93. The maximum absolute atomic E-state index is 12.6. The molecule has 2 heterocycles. The first-order valence-corrected chi connectivity index (χ1v) is 9.85. The molecule has 0 saturated carbocycles. The van der Waals surface area contributed by atoms with Crippen LogP contribution < -0.4 is 0 Å². The van der Waals surface area contributed by atoms with E-state index in [9.17, 15) is 10.1 Å². The van der Waals surface area contributed by atoms with Gasteiger partial charge in [0.25, 0.3) is 5.91 Å². The van der Waals surface area contributed by atoms with Crippen molar-refractivity contribution in [2.24, 2.45) is 11.8 Å². The van der Waals surface area contributed by atoms with Crippen LogP contribution in [0.5, 0.6) is 0 Å². The molecule has 2 saturated heterocycles. The molecule has 0 aliphatic carbocycles. The maximum atomic E-state index is 12.6. The van der Waals surface area contributed by atoms with Gasteiger partial charge in [-0.2, -0.15) is 5.26 Å². The minimum atomic E-state index is -0.0918. The molecule has 3 rings (SSSR count). The van der Waals surface area contributed by atoms with E-state index in [1.54, 1.807) is 6.20 Å². The quantitative estimate of drug-likeness (QED) is 0.615. The van der Waals surface area contributed by atoms with Crippen LogP contribution in [0, 0.1) is 23.2 Å². The Labute approximate surface area is 157 Å². The number of nitriles is 1. The molecular formula is C22H29N3O. The standard InChI is InChI=1S/C22H29N3O/c1-18-7-13-25(14-8-18)22(26)21(16-23)17-24-11-9-20(10-12-24)15-19-5-3-2-4-6-19/h2-6,17-18,20H,7-15H2,1H3/b21-17-. The third-order valence-corrected chi connectivity index (χ3v) is 5.75. The van der Waals surface area contributed by atoms with Gasteiger partial charge in [0, 0.05) is 32.4 Å². The van der Waals surface area contributed by atoms with Gasteiger partial charge < -0.3 is 9.80 Å². The Balaban J connectivity index is 1.52. The van der Waals surface area contributed by atoms with Gasteiger partial charge in [0.2, 0.25) is 0 Å². The topological polar surface area (TPSA) is 47.3 Å². The SMILES string of the molecule is CC1CCN(C(=O)/C(C#N)=C\N2CCC(Cc3ccccc3)CC2)CC1. The van der Waals surface area contributed by atoms with E-state index in [0.29, 0.717) is 17.4 Å². The van der Waals surface area contributed by atoms with Crippen molar-refractivity contribution in [1.29, 1.82) is 5.26 Å². The Hall–Kier alpha value is -2.28. The molecule has 0 N–H and O–H groups in total. The third kappa shape index (κ3) is 4.88. The van der Waals surface area contributed by atoms with Crippen LogP contribution in [-0.2, 0) is 11.2 Å². The van der Waals surface area contributed by atoms with Gasteiger partial charge in [0.15, 0.2) is 0 Å². The second-order valence-corrected chi connectivity index (χ2v) is 7.80. The van der Waals surface area contributed by atoms with E-state index in [1.165, 1.54) is 5.56 Å². The van der Waals surface area contributed by atoms with Crippen LogP contribution >= 0.6 is 0 Å². The molecule has 0 bridgehead atoms. The maximum Gasteiger partial charge on any atom is 0.266 e. The Morgan fingerprint density at radius 2 is 1.77 bits per heavy atom. The molecule has 1 aromatic rings. The fourth-order valence-electron chi connectivity index (χ4n) is 3.93. The highest BCUT2D eigenvalue weighted by molar-refractivity contribution is 5.97. The summed E-state index contributed by atoms with van der Waals surface area (Å²) in [4.78, 5) is 16.6. The largest absolute Gasteiger partial charge is 0.376 e. The molecule has 4 nitrogen and oxygen atoms in total. The molecule has 1 aromatic carbocycles. The summed E-state index contributed by atoms with van der Waals surface area (Å²) < 4.78 is 0. The van der Waals surface area contributed by atoms with Gasteiger partial charge in [0.1, 0.15) is 11.6 Å². The van der Waals surface area contributed by atoms with Crippen molar-refractivity contribution in [1.82, 2.24) is 9.80 Å². The van der Waals surface area contributed by atoms with Crippen molar-refractivity contribution in [3.63, 3.8) is 0 Å². The number of rotatable bonds is 4. The summed E-state index contributed by atoms with van der Waals surface area (Å²) in [7, 11) is 0. The molecule has 2 aliphatic rings. The summed E-state index contributed by atoms with van der Waals surface area (Å²) in [6, 6.07) is 12.8. The van der Waals surface area contributed by atoms with Crippen LogP contribution in [0.25, 0.3) is 0 Å².